The molecule has 0 aliphatic rings. The number of aliphatic hydroxyl groups excluding tert-OH is 1. The lowest BCUT2D eigenvalue weighted by molar-refractivity contribution is -0.120. The van der Waals surface area contributed by atoms with Crippen molar-refractivity contribution in [3.8, 4) is 6.07 Å². The predicted molar refractivity (Wildman–Crippen MR) is 115 cm³/mol. The fourth-order valence-electron chi connectivity index (χ4n) is 2.70. The van der Waals surface area contributed by atoms with Gasteiger partial charge in [0.25, 0.3) is 0 Å². The summed E-state index contributed by atoms with van der Waals surface area (Å²) in [5.41, 5.74) is 2.20. The Morgan fingerprint density at radius 3 is 2.34 bits per heavy atom. The zero-order valence-corrected chi connectivity index (χ0v) is 17.1. The summed E-state index contributed by atoms with van der Waals surface area (Å²) in [4.78, 5) is 14.3. The van der Waals surface area contributed by atoms with Crippen molar-refractivity contribution in [2.75, 3.05) is 6.54 Å². The fourth-order valence-corrected chi connectivity index (χ4v) is 3.71. The van der Waals surface area contributed by atoms with Crippen LogP contribution in [-0.2, 0) is 11.2 Å². The van der Waals surface area contributed by atoms with E-state index in [4.69, 9.17) is 16.9 Å². The molecule has 1 atom stereocenters. The van der Waals surface area contributed by atoms with Crippen LogP contribution in [0.2, 0.25) is 5.02 Å². The first-order valence-corrected chi connectivity index (χ1v) is 10.2. The number of hydrogen-bond donors (Lipinski definition) is 2. The maximum Gasteiger partial charge on any atom is 0.224 e. The molecule has 0 heterocycles. The summed E-state index contributed by atoms with van der Waals surface area (Å²) >= 11 is 7.52. The smallest absolute Gasteiger partial charge is 0.224 e. The van der Waals surface area contributed by atoms with Crippen molar-refractivity contribution in [1.82, 2.24) is 5.32 Å². The van der Waals surface area contributed by atoms with Gasteiger partial charge in [-0.3, -0.25) is 4.79 Å². The van der Waals surface area contributed by atoms with Crippen LogP contribution >= 0.6 is 23.4 Å². The van der Waals surface area contributed by atoms with Gasteiger partial charge in [-0.25, -0.2) is 0 Å². The minimum Gasteiger partial charge on any atom is -0.387 e. The molecule has 0 saturated heterocycles. The van der Waals surface area contributed by atoms with Gasteiger partial charge in [-0.15, -0.1) is 0 Å². The van der Waals surface area contributed by atoms with Crippen LogP contribution in [0.3, 0.4) is 0 Å². The van der Waals surface area contributed by atoms with Gasteiger partial charge < -0.3 is 10.4 Å². The van der Waals surface area contributed by atoms with Crippen LogP contribution in [0.4, 0.5) is 0 Å². The van der Waals surface area contributed by atoms with Crippen LogP contribution in [0.1, 0.15) is 22.8 Å². The highest BCUT2D eigenvalue weighted by Crippen LogP contribution is 2.28. The third kappa shape index (κ3) is 6.37. The first-order chi connectivity index (χ1) is 14.0. The maximum absolute atomic E-state index is 12.2. The molecule has 29 heavy (non-hydrogen) atoms. The van der Waals surface area contributed by atoms with E-state index >= 15 is 0 Å². The third-order valence-electron chi connectivity index (χ3n) is 4.23. The van der Waals surface area contributed by atoms with E-state index in [0.717, 1.165) is 15.4 Å². The lowest BCUT2D eigenvalue weighted by Crippen LogP contribution is -2.29. The summed E-state index contributed by atoms with van der Waals surface area (Å²) < 4.78 is 0. The Morgan fingerprint density at radius 2 is 1.72 bits per heavy atom. The predicted octanol–water partition coefficient (Wildman–Crippen LogP) is 4.76. The number of rotatable bonds is 7. The van der Waals surface area contributed by atoms with Gasteiger partial charge in [-0.1, -0.05) is 47.6 Å². The third-order valence-corrected chi connectivity index (χ3v) is 5.48. The number of hydrogen-bond acceptors (Lipinski definition) is 4. The van der Waals surface area contributed by atoms with Crippen LogP contribution in [0.25, 0.3) is 0 Å². The lowest BCUT2D eigenvalue weighted by atomic mass is 10.1. The summed E-state index contributed by atoms with van der Waals surface area (Å²) in [7, 11) is 0. The highest BCUT2D eigenvalue weighted by molar-refractivity contribution is 7.99. The number of nitrogens with zero attached hydrogens (tertiary/aromatic N) is 1. The van der Waals surface area contributed by atoms with E-state index in [1.54, 1.807) is 48.2 Å². The van der Waals surface area contributed by atoms with Crippen LogP contribution in [0, 0.1) is 11.3 Å². The van der Waals surface area contributed by atoms with Crippen molar-refractivity contribution in [1.29, 1.82) is 5.26 Å². The SMILES string of the molecule is N#Cc1ccc(Sc2ccc(CC(=O)NCC(O)c3cccc(Cl)c3)cc2)cc1. The average Bonchev–Trinajstić information content (AvgIpc) is 2.74. The molecule has 0 saturated carbocycles. The molecule has 0 bridgehead atoms. The van der Waals surface area contributed by atoms with Gasteiger partial charge in [0.15, 0.2) is 0 Å². The zero-order valence-electron chi connectivity index (χ0n) is 15.5. The maximum atomic E-state index is 12.2. The topological polar surface area (TPSA) is 73.1 Å². The van der Waals surface area contributed by atoms with Crippen LogP contribution in [-0.4, -0.2) is 17.6 Å². The highest BCUT2D eigenvalue weighted by atomic mass is 35.5. The number of nitrogens with one attached hydrogen (secondary N) is 1. The van der Waals surface area contributed by atoms with Crippen molar-refractivity contribution < 1.29 is 9.90 Å². The molecule has 6 heteroatoms. The minimum atomic E-state index is -0.802. The molecule has 1 amide bonds. The molecule has 0 aromatic heterocycles. The van der Waals surface area contributed by atoms with Crippen molar-refractivity contribution in [2.45, 2.75) is 22.3 Å². The van der Waals surface area contributed by atoms with E-state index in [1.807, 2.05) is 36.4 Å². The first-order valence-electron chi connectivity index (χ1n) is 9.00. The number of nitriles is 1. The van der Waals surface area contributed by atoms with Gasteiger partial charge >= 0.3 is 0 Å². The minimum absolute atomic E-state index is 0.131. The number of carbonyl (C=O) groups is 1. The zero-order chi connectivity index (χ0) is 20.6. The molecular weight excluding hydrogens is 404 g/mol. The Kier molecular flexibility index (Phi) is 7.31. The molecule has 146 valence electrons. The number of amides is 1. The number of aliphatic hydroxyl groups is 1. The summed E-state index contributed by atoms with van der Waals surface area (Å²) in [5.74, 6) is -0.154. The second-order valence-corrected chi connectivity index (χ2v) is 8.02. The molecule has 0 aliphatic heterocycles. The summed E-state index contributed by atoms with van der Waals surface area (Å²) in [6, 6.07) is 24.2. The molecular formula is C23H19ClN2O2S. The Hall–Kier alpha value is -2.78. The van der Waals surface area contributed by atoms with Gasteiger partial charge in [-0.05, 0) is 59.7 Å². The Bertz CT molecular complexity index is 1010. The quantitative estimate of drug-likeness (QED) is 0.576. The normalized spacial score (nSPS) is 11.5. The molecule has 0 spiro atoms. The average molecular weight is 423 g/mol. The monoisotopic (exact) mass is 422 g/mol. The van der Waals surface area contributed by atoms with Crippen molar-refractivity contribution in [3.63, 3.8) is 0 Å². The van der Waals surface area contributed by atoms with Crippen LogP contribution in [0.15, 0.2) is 82.6 Å². The van der Waals surface area contributed by atoms with E-state index in [0.29, 0.717) is 16.1 Å². The van der Waals surface area contributed by atoms with E-state index in [9.17, 15) is 9.90 Å². The molecule has 3 rings (SSSR count). The second kappa shape index (κ2) is 10.1. The molecule has 0 fully saturated rings. The van der Waals surface area contributed by atoms with E-state index in [2.05, 4.69) is 11.4 Å². The number of carbonyl (C=O) groups excluding carboxylic acids is 1. The van der Waals surface area contributed by atoms with Crippen LogP contribution in [0.5, 0.6) is 0 Å². The second-order valence-electron chi connectivity index (χ2n) is 6.43. The van der Waals surface area contributed by atoms with Gasteiger partial charge in [0, 0.05) is 21.4 Å². The Balaban J connectivity index is 1.49. The van der Waals surface area contributed by atoms with E-state index in [1.165, 1.54) is 0 Å². The van der Waals surface area contributed by atoms with Crippen molar-refractivity contribution in [3.05, 3.63) is 94.5 Å². The summed E-state index contributed by atoms with van der Waals surface area (Å²) in [6.07, 6.45) is -0.562. The number of halogens is 1. The van der Waals surface area contributed by atoms with Crippen molar-refractivity contribution >= 4 is 29.3 Å². The highest BCUT2D eigenvalue weighted by Gasteiger charge is 2.10. The standard InChI is InChI=1S/C23H19ClN2O2S/c24-19-3-1-2-18(13-19)22(27)15-26-23(28)12-16-4-8-20(9-5-16)29-21-10-6-17(14-25)7-11-21/h1-11,13,22,27H,12,15H2,(H,26,28). The first kappa shape index (κ1) is 20.9. The largest absolute Gasteiger partial charge is 0.387 e. The van der Waals surface area contributed by atoms with Gasteiger partial charge in [0.2, 0.25) is 5.91 Å². The fraction of sp³-hybridized carbons (Fsp3) is 0.130. The molecule has 0 aliphatic carbocycles. The van der Waals surface area contributed by atoms with Crippen LogP contribution < -0.4 is 5.32 Å². The Morgan fingerprint density at radius 1 is 1.07 bits per heavy atom. The van der Waals surface area contributed by atoms with Gasteiger partial charge in [0.1, 0.15) is 0 Å². The summed E-state index contributed by atoms with van der Waals surface area (Å²) in [5, 5.41) is 22.3. The molecule has 2 N–H and O–H groups in total. The Labute approximate surface area is 179 Å². The van der Waals surface area contributed by atoms with E-state index < -0.39 is 6.10 Å². The van der Waals surface area contributed by atoms with Gasteiger partial charge in [0.05, 0.1) is 24.2 Å². The molecule has 3 aromatic rings. The summed E-state index contributed by atoms with van der Waals surface area (Å²) in [6.45, 7) is 0.131. The number of benzene rings is 3. The van der Waals surface area contributed by atoms with Crippen molar-refractivity contribution in [2.24, 2.45) is 0 Å². The lowest BCUT2D eigenvalue weighted by Gasteiger charge is -2.12. The molecule has 0 radical (unpaired) electrons. The molecule has 3 aromatic carbocycles. The molecule has 1 unspecified atom stereocenters. The van der Waals surface area contributed by atoms with E-state index in [-0.39, 0.29) is 18.9 Å². The molecule has 4 nitrogen and oxygen atoms in total. The van der Waals surface area contributed by atoms with Gasteiger partial charge in [-0.2, -0.15) is 5.26 Å².